The zero-order valence-corrected chi connectivity index (χ0v) is 6.09. The summed E-state index contributed by atoms with van der Waals surface area (Å²) < 4.78 is 0. The molecule has 0 amide bonds. The van der Waals surface area contributed by atoms with Crippen molar-refractivity contribution in [1.29, 1.82) is 0 Å². The average molecular weight is 138 g/mol. The maximum absolute atomic E-state index is 10.7. The topological polar surface area (TPSA) is 37.3 Å². The van der Waals surface area contributed by atoms with Crippen molar-refractivity contribution >= 4 is 5.78 Å². The fourth-order valence-electron chi connectivity index (χ4n) is 0.783. The minimum atomic E-state index is -0.923. The Morgan fingerprint density at radius 1 is 1.60 bits per heavy atom. The van der Waals surface area contributed by atoms with E-state index in [-0.39, 0.29) is 5.78 Å². The summed E-state index contributed by atoms with van der Waals surface area (Å²) in [6.45, 7) is 3.39. The number of carbonyl (C=O) groups excluding carboxylic acids is 1. The Bertz CT molecular complexity index is 221. The summed E-state index contributed by atoms with van der Waals surface area (Å²) in [5.41, 5.74) is -0.228. The summed E-state index contributed by atoms with van der Waals surface area (Å²) in [6.07, 6.45) is 4.33. The van der Waals surface area contributed by atoms with Gasteiger partial charge in [0.2, 0.25) is 0 Å². The van der Waals surface area contributed by atoms with Crippen LogP contribution in [0.25, 0.3) is 0 Å². The maximum Gasteiger partial charge on any atom is 0.178 e. The van der Waals surface area contributed by atoms with E-state index in [0.717, 1.165) is 0 Å². The van der Waals surface area contributed by atoms with E-state index < -0.39 is 5.60 Å². The quantitative estimate of drug-likeness (QED) is 0.538. The van der Waals surface area contributed by atoms with Gasteiger partial charge in [-0.15, -0.1) is 0 Å². The van der Waals surface area contributed by atoms with Crippen molar-refractivity contribution in [2.24, 2.45) is 0 Å². The van der Waals surface area contributed by atoms with Crippen molar-refractivity contribution in [3.63, 3.8) is 0 Å². The fourth-order valence-corrected chi connectivity index (χ4v) is 0.783. The van der Waals surface area contributed by atoms with Crippen LogP contribution in [0.2, 0.25) is 0 Å². The van der Waals surface area contributed by atoms with E-state index in [2.05, 4.69) is 0 Å². The SMILES string of the molecule is CC1=CC(=O)C=CC1(C)O. The van der Waals surface area contributed by atoms with Crippen molar-refractivity contribution in [3.05, 3.63) is 23.8 Å². The summed E-state index contributed by atoms with van der Waals surface area (Å²) in [5.74, 6) is -0.0518. The number of allylic oxidation sites excluding steroid dienone is 2. The van der Waals surface area contributed by atoms with Gasteiger partial charge in [-0.25, -0.2) is 0 Å². The first-order valence-corrected chi connectivity index (χ1v) is 3.17. The number of rotatable bonds is 0. The number of hydrogen-bond acceptors (Lipinski definition) is 2. The Morgan fingerprint density at radius 3 is 2.60 bits per heavy atom. The van der Waals surface area contributed by atoms with Crippen LogP contribution < -0.4 is 0 Å². The van der Waals surface area contributed by atoms with Crippen LogP contribution in [0.3, 0.4) is 0 Å². The molecular weight excluding hydrogens is 128 g/mol. The van der Waals surface area contributed by atoms with Crippen molar-refractivity contribution in [3.8, 4) is 0 Å². The van der Waals surface area contributed by atoms with Gasteiger partial charge in [0, 0.05) is 0 Å². The van der Waals surface area contributed by atoms with Gasteiger partial charge in [-0.05, 0) is 37.6 Å². The molecule has 1 N–H and O–H groups in total. The smallest absolute Gasteiger partial charge is 0.178 e. The van der Waals surface area contributed by atoms with Crippen LogP contribution in [0.5, 0.6) is 0 Å². The molecule has 0 aromatic carbocycles. The van der Waals surface area contributed by atoms with Gasteiger partial charge in [0.25, 0.3) is 0 Å². The summed E-state index contributed by atoms with van der Waals surface area (Å²) in [4.78, 5) is 10.7. The number of ketones is 1. The van der Waals surface area contributed by atoms with E-state index in [1.54, 1.807) is 13.8 Å². The molecular formula is C8H10O2. The van der Waals surface area contributed by atoms with Crippen molar-refractivity contribution in [2.75, 3.05) is 0 Å². The highest BCUT2D eigenvalue weighted by molar-refractivity contribution is 6.01. The second-order valence-electron chi connectivity index (χ2n) is 2.71. The Hall–Kier alpha value is -0.890. The molecule has 0 heterocycles. The van der Waals surface area contributed by atoms with Crippen molar-refractivity contribution in [2.45, 2.75) is 19.4 Å². The Balaban J connectivity index is 2.97. The van der Waals surface area contributed by atoms with Crippen molar-refractivity contribution < 1.29 is 9.90 Å². The predicted octanol–water partition coefficient (Wildman–Crippen LogP) is 0.823. The number of carbonyl (C=O) groups is 1. The Kier molecular flexibility index (Phi) is 1.49. The van der Waals surface area contributed by atoms with Gasteiger partial charge in [0.15, 0.2) is 5.78 Å². The molecule has 2 nitrogen and oxygen atoms in total. The minimum Gasteiger partial charge on any atom is -0.382 e. The van der Waals surface area contributed by atoms with Crippen LogP contribution in [0.1, 0.15) is 13.8 Å². The average Bonchev–Trinajstić information content (AvgIpc) is 1.81. The van der Waals surface area contributed by atoms with Crippen LogP contribution in [-0.2, 0) is 4.79 Å². The molecule has 0 radical (unpaired) electrons. The maximum atomic E-state index is 10.7. The molecule has 54 valence electrons. The molecule has 0 spiro atoms. The van der Waals surface area contributed by atoms with Gasteiger partial charge in [0.05, 0.1) is 0 Å². The van der Waals surface area contributed by atoms with Gasteiger partial charge in [-0.1, -0.05) is 0 Å². The van der Waals surface area contributed by atoms with E-state index >= 15 is 0 Å². The Labute approximate surface area is 59.9 Å². The third-order valence-corrected chi connectivity index (χ3v) is 1.73. The van der Waals surface area contributed by atoms with E-state index in [4.69, 9.17) is 0 Å². The van der Waals surface area contributed by atoms with Gasteiger partial charge >= 0.3 is 0 Å². The molecule has 0 bridgehead atoms. The van der Waals surface area contributed by atoms with Crippen LogP contribution >= 0.6 is 0 Å². The zero-order chi connectivity index (χ0) is 7.78. The van der Waals surface area contributed by atoms with Crippen LogP contribution in [-0.4, -0.2) is 16.5 Å². The highest BCUT2D eigenvalue weighted by Crippen LogP contribution is 2.20. The molecule has 1 aliphatic rings. The molecule has 1 atom stereocenters. The largest absolute Gasteiger partial charge is 0.382 e. The van der Waals surface area contributed by atoms with E-state index in [0.29, 0.717) is 5.57 Å². The molecule has 0 fully saturated rings. The lowest BCUT2D eigenvalue weighted by Gasteiger charge is -2.21. The van der Waals surface area contributed by atoms with E-state index in [9.17, 15) is 9.90 Å². The molecule has 0 aromatic heterocycles. The predicted molar refractivity (Wildman–Crippen MR) is 38.5 cm³/mol. The van der Waals surface area contributed by atoms with Gasteiger partial charge in [0.1, 0.15) is 5.60 Å². The highest BCUT2D eigenvalue weighted by atomic mass is 16.3. The third kappa shape index (κ3) is 1.16. The van der Waals surface area contributed by atoms with E-state index in [1.165, 1.54) is 18.2 Å². The second kappa shape index (κ2) is 2.06. The first-order chi connectivity index (χ1) is 4.52. The molecule has 0 saturated carbocycles. The van der Waals surface area contributed by atoms with Crippen molar-refractivity contribution in [1.82, 2.24) is 0 Å². The van der Waals surface area contributed by atoms with Gasteiger partial charge in [-0.2, -0.15) is 0 Å². The zero-order valence-electron chi connectivity index (χ0n) is 6.09. The lowest BCUT2D eigenvalue weighted by atomic mass is 9.91. The van der Waals surface area contributed by atoms with Crippen LogP contribution in [0, 0.1) is 0 Å². The molecule has 0 aliphatic heterocycles. The second-order valence-corrected chi connectivity index (χ2v) is 2.71. The molecule has 0 aromatic rings. The molecule has 2 heteroatoms. The fraction of sp³-hybridized carbons (Fsp3) is 0.375. The summed E-state index contributed by atoms with van der Waals surface area (Å²) in [5, 5.41) is 9.45. The summed E-state index contributed by atoms with van der Waals surface area (Å²) in [6, 6.07) is 0. The highest BCUT2D eigenvalue weighted by Gasteiger charge is 2.22. The standard InChI is InChI=1S/C8H10O2/c1-6-5-7(9)3-4-8(6,2)10/h3-5,10H,1-2H3. The monoisotopic (exact) mass is 138 g/mol. The lowest BCUT2D eigenvalue weighted by Crippen LogP contribution is -2.25. The lowest BCUT2D eigenvalue weighted by molar-refractivity contribution is -0.110. The van der Waals surface area contributed by atoms with Crippen LogP contribution in [0.15, 0.2) is 23.8 Å². The number of hydrogen-bond donors (Lipinski definition) is 1. The van der Waals surface area contributed by atoms with E-state index in [1.807, 2.05) is 0 Å². The van der Waals surface area contributed by atoms with Gasteiger partial charge in [-0.3, -0.25) is 4.79 Å². The molecule has 0 saturated heterocycles. The van der Waals surface area contributed by atoms with Crippen LogP contribution in [0.4, 0.5) is 0 Å². The Morgan fingerprint density at radius 2 is 2.20 bits per heavy atom. The normalized spacial score (nSPS) is 32.3. The molecule has 1 unspecified atom stereocenters. The molecule has 1 rings (SSSR count). The first kappa shape index (κ1) is 7.22. The minimum absolute atomic E-state index is 0.0518. The summed E-state index contributed by atoms with van der Waals surface area (Å²) >= 11 is 0. The summed E-state index contributed by atoms with van der Waals surface area (Å²) in [7, 11) is 0. The molecule has 10 heavy (non-hydrogen) atoms. The third-order valence-electron chi connectivity index (χ3n) is 1.73. The first-order valence-electron chi connectivity index (χ1n) is 3.17. The van der Waals surface area contributed by atoms with Gasteiger partial charge < -0.3 is 5.11 Å². The number of aliphatic hydroxyl groups is 1. The molecule has 1 aliphatic carbocycles.